The normalized spacial score (nSPS) is 31.2. The van der Waals surface area contributed by atoms with Crippen LogP contribution in [0.15, 0.2) is 83.0 Å². The van der Waals surface area contributed by atoms with Crippen LogP contribution in [0.3, 0.4) is 0 Å². The minimum Gasteiger partial charge on any atom is -0.382 e. The number of nitrogens with zero attached hydrogens (tertiary/aromatic N) is 5. The number of benzene rings is 2. The van der Waals surface area contributed by atoms with Gasteiger partial charge < -0.3 is 25.4 Å². The SMILES string of the molecule is Cc1ccc(C(=O)Nc2ccc(CSP3(=O)OC[C@H]4O[C@@H](n5cnc6c(N)ncnc65)[C@H](OP(=O)(O)OC[C@H]5O[C@@H](n6ccc(=O)[nH]c6=O)[C@H](O3)[C@@H]5F)[C@@H]4F)cc2)cc1. The van der Waals surface area contributed by atoms with Gasteiger partial charge in [-0.2, -0.15) is 0 Å². The average molecular weight is 879 g/mol. The van der Waals surface area contributed by atoms with Crippen molar-refractivity contribution in [2.24, 2.45) is 0 Å². The molecule has 1 amide bonds. The molecular weight excluding hydrogens is 844 g/mol. The molecule has 5 aromatic rings. The van der Waals surface area contributed by atoms with Crippen molar-refractivity contribution in [3.63, 3.8) is 0 Å². The largest absolute Gasteiger partial charge is 0.472 e. The third kappa shape index (κ3) is 8.67. The van der Waals surface area contributed by atoms with E-state index in [2.05, 4.69) is 20.3 Å². The molecule has 3 aliphatic heterocycles. The molecule has 59 heavy (non-hydrogen) atoms. The van der Waals surface area contributed by atoms with E-state index in [1.807, 2.05) is 24.0 Å². The fourth-order valence-corrected chi connectivity index (χ4v) is 10.8. The van der Waals surface area contributed by atoms with Gasteiger partial charge in [0.15, 0.2) is 36.3 Å². The van der Waals surface area contributed by atoms with E-state index < -0.39 is 88.3 Å². The van der Waals surface area contributed by atoms with E-state index in [1.165, 1.54) is 10.9 Å². The van der Waals surface area contributed by atoms with Crippen LogP contribution in [-0.4, -0.2) is 89.8 Å². The number of anilines is 2. The Balaban J connectivity index is 1.09. The van der Waals surface area contributed by atoms with Crippen molar-refractivity contribution in [2.75, 3.05) is 24.3 Å². The molecule has 6 heterocycles. The Labute approximate surface area is 335 Å². The number of rotatable bonds is 7. The quantitative estimate of drug-likeness (QED) is 0.169. The van der Waals surface area contributed by atoms with E-state index in [9.17, 15) is 28.4 Å². The zero-order valence-corrected chi connectivity index (χ0v) is 33.1. The number of aryl methyl sites for hydroxylation is 1. The molecule has 0 spiro atoms. The maximum absolute atomic E-state index is 16.4. The number of aromatic nitrogens is 6. The molecule has 4 bridgehead atoms. The lowest BCUT2D eigenvalue weighted by molar-refractivity contribution is -0.0648. The molecular formula is C34H34F2N8O12P2S. The van der Waals surface area contributed by atoms with Crippen LogP contribution in [0.5, 0.6) is 0 Å². The van der Waals surface area contributed by atoms with Gasteiger partial charge in [0, 0.05) is 29.3 Å². The van der Waals surface area contributed by atoms with Crippen LogP contribution < -0.4 is 22.3 Å². The van der Waals surface area contributed by atoms with Gasteiger partial charge in [-0.1, -0.05) is 29.8 Å². The van der Waals surface area contributed by atoms with E-state index in [0.29, 0.717) is 28.2 Å². The molecule has 10 atom stereocenters. The van der Waals surface area contributed by atoms with Crippen molar-refractivity contribution in [1.29, 1.82) is 0 Å². The molecule has 2 aromatic carbocycles. The number of nitrogens with two attached hydrogens (primary N) is 1. The lowest BCUT2D eigenvalue weighted by atomic mass is 10.1. The highest BCUT2D eigenvalue weighted by molar-refractivity contribution is 8.54. The number of phosphoric ester groups is 1. The number of carbonyl (C=O) groups excluding carboxylic acids is 1. The molecule has 25 heteroatoms. The highest BCUT2D eigenvalue weighted by Gasteiger charge is 2.55. The summed E-state index contributed by atoms with van der Waals surface area (Å²) in [7, 11) is -5.26. The second-order valence-electron chi connectivity index (χ2n) is 13.6. The summed E-state index contributed by atoms with van der Waals surface area (Å²) >= 11 is 0.589. The molecule has 5 N–H and O–H groups in total. The number of nitrogen functional groups attached to an aromatic ring is 1. The Bertz CT molecular complexity index is 2580. The summed E-state index contributed by atoms with van der Waals surface area (Å²) < 4.78 is 96.6. The molecule has 3 aromatic heterocycles. The second-order valence-corrected chi connectivity index (χ2v) is 19.0. The maximum Gasteiger partial charge on any atom is 0.472 e. The van der Waals surface area contributed by atoms with E-state index in [4.69, 9.17) is 33.3 Å². The second kappa shape index (κ2) is 16.4. The molecule has 312 valence electrons. The first-order valence-corrected chi connectivity index (χ1v) is 22.3. The fraction of sp³-hybridized carbons (Fsp3) is 0.353. The Hall–Kier alpha value is -4.67. The number of hydrogen-bond acceptors (Lipinski definition) is 16. The predicted octanol–water partition coefficient (Wildman–Crippen LogP) is 3.95. The predicted molar refractivity (Wildman–Crippen MR) is 205 cm³/mol. The molecule has 3 saturated heterocycles. The number of fused-ring (bicyclic) bond motifs is 5. The van der Waals surface area contributed by atoms with E-state index >= 15 is 8.78 Å². The third-order valence-electron chi connectivity index (χ3n) is 9.53. The molecule has 3 aliphatic rings. The van der Waals surface area contributed by atoms with Gasteiger partial charge in [-0.25, -0.2) is 37.7 Å². The van der Waals surface area contributed by atoms with Crippen molar-refractivity contribution in [3.05, 3.63) is 111 Å². The van der Waals surface area contributed by atoms with Gasteiger partial charge in [-0.15, -0.1) is 0 Å². The van der Waals surface area contributed by atoms with E-state index in [1.54, 1.807) is 36.4 Å². The van der Waals surface area contributed by atoms with Crippen molar-refractivity contribution in [2.45, 2.75) is 61.9 Å². The summed E-state index contributed by atoms with van der Waals surface area (Å²) in [5, 5.41) is 2.79. The van der Waals surface area contributed by atoms with E-state index in [0.717, 1.165) is 28.7 Å². The smallest absolute Gasteiger partial charge is 0.382 e. The number of nitrogens with one attached hydrogen (secondary N) is 2. The zero-order chi connectivity index (χ0) is 41.6. The van der Waals surface area contributed by atoms with Crippen LogP contribution >= 0.6 is 26.0 Å². The van der Waals surface area contributed by atoms with Crippen LogP contribution in [0.4, 0.5) is 20.3 Å². The third-order valence-corrected chi connectivity index (χ3v) is 14.2. The van der Waals surface area contributed by atoms with Crippen molar-refractivity contribution in [3.8, 4) is 0 Å². The van der Waals surface area contributed by atoms with Gasteiger partial charge in [0.1, 0.15) is 36.3 Å². The first-order chi connectivity index (χ1) is 28.2. The Kier molecular flexibility index (Phi) is 11.4. The minimum atomic E-state index is -5.26. The average Bonchev–Trinajstić information content (AvgIpc) is 3.86. The van der Waals surface area contributed by atoms with Crippen LogP contribution in [0, 0.1) is 6.92 Å². The Morgan fingerprint density at radius 3 is 2.29 bits per heavy atom. The minimum absolute atomic E-state index is 0.0227. The van der Waals surface area contributed by atoms with Gasteiger partial charge in [-0.3, -0.25) is 41.8 Å². The monoisotopic (exact) mass is 878 g/mol. The number of phosphoric acid groups is 1. The maximum atomic E-state index is 16.4. The molecule has 3 fully saturated rings. The molecule has 20 nitrogen and oxygen atoms in total. The van der Waals surface area contributed by atoms with Crippen molar-refractivity contribution < 1.29 is 55.2 Å². The van der Waals surface area contributed by atoms with E-state index in [-0.39, 0.29) is 28.6 Å². The molecule has 8 rings (SSSR count). The standard InChI is InChI=1S/C34H34F2N8O12P2S/c1-17-2-6-19(7-3-17)31(46)41-20-8-4-18(5-9-20)14-59-58(50)52-13-22-24(35)27(33(54-22)44-16-40-26-29(37)38-15-39-30(26)44)55-57(48,49)51-12-21-25(36)28(56-58)32(53-21)43-11-10-23(45)42-34(43)47/h2-11,15-16,21-22,24-25,27-28,32-33H,12-14H2,1H3,(H,41,46)(H,48,49)(H2,37,38,39)(H,42,45,47)/t21-,22-,24-,25-,27-,28-,32-,33-,58?/m1/s1. The van der Waals surface area contributed by atoms with Crippen LogP contribution in [0.25, 0.3) is 11.2 Å². The van der Waals surface area contributed by atoms with Crippen LogP contribution in [-0.2, 0) is 42.5 Å². The fourth-order valence-electron chi connectivity index (χ4n) is 6.53. The lowest BCUT2D eigenvalue weighted by Gasteiger charge is -2.27. The summed E-state index contributed by atoms with van der Waals surface area (Å²) in [4.78, 5) is 62.3. The van der Waals surface area contributed by atoms with Crippen LogP contribution in [0.2, 0.25) is 0 Å². The first kappa shape index (κ1) is 41.1. The highest BCUT2D eigenvalue weighted by Crippen LogP contribution is 2.65. The van der Waals surface area contributed by atoms with Gasteiger partial charge in [-0.05, 0) is 48.1 Å². The van der Waals surface area contributed by atoms with Gasteiger partial charge in [0.05, 0.1) is 19.5 Å². The number of halogens is 2. The van der Waals surface area contributed by atoms with Gasteiger partial charge >= 0.3 is 20.3 Å². The lowest BCUT2D eigenvalue weighted by Crippen LogP contribution is -2.38. The Morgan fingerprint density at radius 2 is 1.59 bits per heavy atom. The summed E-state index contributed by atoms with van der Waals surface area (Å²) in [6.07, 6.45) is -11.8. The summed E-state index contributed by atoms with van der Waals surface area (Å²) in [6, 6.07) is 14.4. The summed E-state index contributed by atoms with van der Waals surface area (Å²) in [6.45, 7) is -4.61. The van der Waals surface area contributed by atoms with Gasteiger partial charge in [0.25, 0.3) is 11.5 Å². The number of imidazole rings is 1. The molecule has 0 radical (unpaired) electrons. The summed E-state index contributed by atoms with van der Waals surface area (Å²) in [5.74, 6) is -0.461. The number of ether oxygens (including phenoxy) is 2. The number of alkyl halides is 2. The summed E-state index contributed by atoms with van der Waals surface area (Å²) in [5.41, 5.74) is 6.69. The number of hydrogen-bond donors (Lipinski definition) is 4. The topological polar surface area (TPSA) is 263 Å². The number of H-pyrrole nitrogens is 1. The highest BCUT2D eigenvalue weighted by atomic mass is 32.7. The molecule has 2 unspecified atom stereocenters. The molecule has 0 aliphatic carbocycles. The van der Waals surface area contributed by atoms with Crippen molar-refractivity contribution in [1.82, 2.24) is 29.1 Å². The first-order valence-electron chi connectivity index (χ1n) is 17.7. The number of aromatic amines is 1. The molecule has 0 saturated carbocycles. The van der Waals surface area contributed by atoms with Gasteiger partial charge in [0.2, 0.25) is 0 Å². The van der Waals surface area contributed by atoms with Crippen LogP contribution in [0.1, 0.15) is 33.9 Å². The van der Waals surface area contributed by atoms with Crippen molar-refractivity contribution >= 4 is 54.6 Å². The number of amides is 1. The Morgan fingerprint density at radius 1 is 0.932 bits per heavy atom. The zero-order valence-electron chi connectivity index (χ0n) is 30.5. The number of carbonyl (C=O) groups is 1.